The van der Waals surface area contributed by atoms with Crippen molar-refractivity contribution in [2.45, 2.75) is 19.8 Å². The summed E-state index contributed by atoms with van der Waals surface area (Å²) < 4.78 is 5.13. The van der Waals surface area contributed by atoms with Gasteiger partial charge in [-0.15, -0.1) is 0 Å². The average molecular weight is 166 g/mol. The van der Waals surface area contributed by atoms with Crippen LogP contribution in [-0.2, 0) is 0 Å². The van der Waals surface area contributed by atoms with Crippen molar-refractivity contribution in [2.75, 3.05) is 7.11 Å². The maximum Gasteiger partial charge on any atom is 0.125 e. The van der Waals surface area contributed by atoms with Gasteiger partial charge in [-0.2, -0.15) is 0 Å². The van der Waals surface area contributed by atoms with Gasteiger partial charge in [0, 0.05) is 6.07 Å². The molecular formula is C10H14O2. The van der Waals surface area contributed by atoms with Crippen LogP contribution in [0.1, 0.15) is 25.3 Å². The van der Waals surface area contributed by atoms with Crippen molar-refractivity contribution in [1.29, 1.82) is 0 Å². The summed E-state index contributed by atoms with van der Waals surface area (Å²) in [5.41, 5.74) is 1.12. The minimum atomic E-state index is 0.247. The molecule has 0 spiro atoms. The monoisotopic (exact) mass is 166 g/mol. The third-order valence-electron chi connectivity index (χ3n) is 1.84. The third-order valence-corrected chi connectivity index (χ3v) is 1.84. The fourth-order valence-electron chi connectivity index (χ4n) is 1.18. The second kappa shape index (κ2) is 3.48. The van der Waals surface area contributed by atoms with E-state index in [9.17, 15) is 5.11 Å². The van der Waals surface area contributed by atoms with E-state index in [1.54, 1.807) is 19.2 Å². The number of methoxy groups -OCH3 is 1. The molecule has 0 aromatic heterocycles. The molecule has 2 nitrogen and oxygen atoms in total. The standard InChI is InChI=1S/C10H14O2/c1-7(2)9-5-4-8(11)6-10(9)12-3/h4-7,11H,1-3H3. The predicted molar refractivity (Wildman–Crippen MR) is 48.7 cm³/mol. The summed E-state index contributed by atoms with van der Waals surface area (Å²) in [5.74, 6) is 1.42. The normalized spacial score (nSPS) is 10.3. The zero-order chi connectivity index (χ0) is 9.14. The Balaban J connectivity index is 3.11. The highest BCUT2D eigenvalue weighted by molar-refractivity contribution is 5.41. The molecule has 0 heterocycles. The molecule has 2 heteroatoms. The Morgan fingerprint density at radius 2 is 2.00 bits per heavy atom. The largest absolute Gasteiger partial charge is 0.508 e. The van der Waals surface area contributed by atoms with Gasteiger partial charge in [-0.3, -0.25) is 0 Å². The van der Waals surface area contributed by atoms with Crippen LogP contribution in [0.2, 0.25) is 0 Å². The van der Waals surface area contributed by atoms with Crippen LogP contribution < -0.4 is 4.74 Å². The van der Waals surface area contributed by atoms with Gasteiger partial charge in [0.15, 0.2) is 0 Å². The molecule has 0 saturated heterocycles. The number of phenolic OH excluding ortho intramolecular Hbond substituents is 1. The lowest BCUT2D eigenvalue weighted by Crippen LogP contribution is -1.93. The molecule has 0 aliphatic rings. The molecule has 12 heavy (non-hydrogen) atoms. The Morgan fingerprint density at radius 1 is 1.33 bits per heavy atom. The lowest BCUT2D eigenvalue weighted by Gasteiger charge is -2.11. The molecule has 0 saturated carbocycles. The number of benzene rings is 1. The molecule has 1 rings (SSSR count). The Hall–Kier alpha value is -1.18. The number of aromatic hydroxyl groups is 1. The molecule has 0 bridgehead atoms. The summed E-state index contributed by atoms with van der Waals surface area (Å²) >= 11 is 0. The van der Waals surface area contributed by atoms with E-state index in [2.05, 4.69) is 13.8 Å². The minimum Gasteiger partial charge on any atom is -0.508 e. The van der Waals surface area contributed by atoms with E-state index in [0.29, 0.717) is 5.92 Å². The zero-order valence-corrected chi connectivity index (χ0v) is 7.66. The summed E-state index contributed by atoms with van der Waals surface area (Å²) in [6, 6.07) is 5.20. The Bertz CT molecular complexity index is 267. The minimum absolute atomic E-state index is 0.247. The second-order valence-corrected chi connectivity index (χ2v) is 3.08. The van der Waals surface area contributed by atoms with Gasteiger partial charge in [-0.05, 0) is 17.5 Å². The summed E-state index contributed by atoms with van der Waals surface area (Å²) in [5, 5.41) is 9.17. The van der Waals surface area contributed by atoms with Crippen molar-refractivity contribution in [3.63, 3.8) is 0 Å². The number of rotatable bonds is 2. The van der Waals surface area contributed by atoms with Crippen LogP contribution in [0.3, 0.4) is 0 Å². The molecule has 0 atom stereocenters. The van der Waals surface area contributed by atoms with E-state index in [-0.39, 0.29) is 5.75 Å². The molecular weight excluding hydrogens is 152 g/mol. The zero-order valence-electron chi connectivity index (χ0n) is 7.66. The summed E-state index contributed by atoms with van der Waals surface area (Å²) in [6.45, 7) is 4.18. The Kier molecular flexibility index (Phi) is 2.58. The SMILES string of the molecule is COc1cc(O)ccc1C(C)C. The van der Waals surface area contributed by atoms with Crippen LogP contribution in [0.4, 0.5) is 0 Å². The van der Waals surface area contributed by atoms with Gasteiger partial charge in [-0.1, -0.05) is 19.9 Å². The Morgan fingerprint density at radius 3 is 2.50 bits per heavy atom. The van der Waals surface area contributed by atoms with Crippen LogP contribution in [0.25, 0.3) is 0 Å². The molecule has 0 radical (unpaired) electrons. The van der Waals surface area contributed by atoms with Gasteiger partial charge < -0.3 is 9.84 Å². The van der Waals surface area contributed by atoms with Crippen LogP contribution in [0.15, 0.2) is 18.2 Å². The first-order chi connectivity index (χ1) is 5.65. The second-order valence-electron chi connectivity index (χ2n) is 3.08. The molecule has 1 aromatic carbocycles. The van der Waals surface area contributed by atoms with Crippen molar-refractivity contribution in [3.05, 3.63) is 23.8 Å². The van der Waals surface area contributed by atoms with Gasteiger partial charge >= 0.3 is 0 Å². The average Bonchev–Trinajstić information content (AvgIpc) is 2.03. The lowest BCUT2D eigenvalue weighted by atomic mass is 10.0. The molecule has 1 N–H and O–H groups in total. The molecule has 0 amide bonds. The van der Waals surface area contributed by atoms with Gasteiger partial charge in [0.2, 0.25) is 0 Å². The number of ether oxygens (including phenoxy) is 1. The smallest absolute Gasteiger partial charge is 0.125 e. The predicted octanol–water partition coefficient (Wildman–Crippen LogP) is 2.52. The fraction of sp³-hybridized carbons (Fsp3) is 0.400. The number of hydrogen-bond acceptors (Lipinski definition) is 2. The fourth-order valence-corrected chi connectivity index (χ4v) is 1.18. The maximum absolute atomic E-state index is 9.17. The summed E-state index contributed by atoms with van der Waals surface area (Å²) in [7, 11) is 1.61. The number of phenols is 1. The highest BCUT2D eigenvalue weighted by Crippen LogP contribution is 2.29. The van der Waals surface area contributed by atoms with Gasteiger partial charge in [0.05, 0.1) is 7.11 Å². The summed E-state index contributed by atoms with van der Waals surface area (Å²) in [4.78, 5) is 0. The van der Waals surface area contributed by atoms with Crippen molar-refractivity contribution in [2.24, 2.45) is 0 Å². The maximum atomic E-state index is 9.17. The highest BCUT2D eigenvalue weighted by atomic mass is 16.5. The lowest BCUT2D eigenvalue weighted by molar-refractivity contribution is 0.400. The first kappa shape index (κ1) is 8.91. The van der Waals surface area contributed by atoms with E-state index < -0.39 is 0 Å². The first-order valence-electron chi connectivity index (χ1n) is 4.02. The third kappa shape index (κ3) is 1.70. The van der Waals surface area contributed by atoms with Crippen LogP contribution in [0.5, 0.6) is 11.5 Å². The van der Waals surface area contributed by atoms with Crippen molar-refractivity contribution in [1.82, 2.24) is 0 Å². The van der Waals surface area contributed by atoms with Crippen molar-refractivity contribution >= 4 is 0 Å². The van der Waals surface area contributed by atoms with Crippen LogP contribution in [0, 0.1) is 0 Å². The van der Waals surface area contributed by atoms with E-state index in [1.165, 1.54) is 0 Å². The molecule has 0 aliphatic carbocycles. The molecule has 0 aliphatic heterocycles. The van der Waals surface area contributed by atoms with Crippen LogP contribution >= 0.6 is 0 Å². The van der Waals surface area contributed by atoms with E-state index in [1.807, 2.05) is 6.07 Å². The highest BCUT2D eigenvalue weighted by Gasteiger charge is 2.06. The summed E-state index contributed by atoms with van der Waals surface area (Å²) in [6.07, 6.45) is 0. The molecule has 0 fully saturated rings. The Labute approximate surface area is 72.8 Å². The quantitative estimate of drug-likeness (QED) is 0.731. The van der Waals surface area contributed by atoms with Crippen LogP contribution in [-0.4, -0.2) is 12.2 Å². The van der Waals surface area contributed by atoms with Gasteiger partial charge in [0.25, 0.3) is 0 Å². The topological polar surface area (TPSA) is 29.5 Å². The van der Waals surface area contributed by atoms with Crippen molar-refractivity contribution < 1.29 is 9.84 Å². The molecule has 66 valence electrons. The van der Waals surface area contributed by atoms with Crippen molar-refractivity contribution in [3.8, 4) is 11.5 Å². The molecule has 0 unspecified atom stereocenters. The van der Waals surface area contributed by atoms with E-state index in [4.69, 9.17) is 4.74 Å². The first-order valence-corrected chi connectivity index (χ1v) is 4.02. The molecule has 1 aromatic rings. The van der Waals surface area contributed by atoms with E-state index in [0.717, 1.165) is 11.3 Å². The van der Waals surface area contributed by atoms with Gasteiger partial charge in [0.1, 0.15) is 11.5 Å². The van der Waals surface area contributed by atoms with Gasteiger partial charge in [-0.25, -0.2) is 0 Å². The van der Waals surface area contributed by atoms with E-state index >= 15 is 0 Å². The number of hydrogen-bond donors (Lipinski definition) is 1.